The first kappa shape index (κ1) is 38.0. The Hall–Kier alpha value is -4.22. The number of anilines is 4. The molecule has 270 valence electrons. The molecule has 0 bridgehead atoms. The monoisotopic (exact) mass is 728 g/mol. The van der Waals surface area contributed by atoms with Crippen LogP contribution < -0.4 is 10.6 Å². The topological polar surface area (TPSA) is 133 Å². The van der Waals surface area contributed by atoms with Gasteiger partial charge < -0.3 is 10.6 Å². The summed E-state index contributed by atoms with van der Waals surface area (Å²) >= 11 is 0. The number of rotatable bonds is 11. The Morgan fingerprint density at radius 1 is 0.667 bits per heavy atom. The lowest BCUT2D eigenvalue weighted by molar-refractivity contribution is 0.474. The summed E-state index contributed by atoms with van der Waals surface area (Å²) in [5.41, 5.74) is 14.5. The van der Waals surface area contributed by atoms with Crippen molar-refractivity contribution in [3.05, 3.63) is 139 Å². The molecule has 10 heteroatoms. The highest BCUT2D eigenvalue weighted by Gasteiger charge is 2.35. The Balaban J connectivity index is 1.68. The number of aryl methyl sites for hydroxylation is 8. The van der Waals surface area contributed by atoms with E-state index in [4.69, 9.17) is 0 Å². The molecule has 0 heterocycles. The molecule has 5 rings (SSSR count). The molecule has 0 spiro atoms. The van der Waals surface area contributed by atoms with E-state index in [9.17, 15) is 25.9 Å². The molecular formula is C41H48N2O6S2. The third kappa shape index (κ3) is 8.31. The summed E-state index contributed by atoms with van der Waals surface area (Å²) in [5.74, 6) is -0.690. The maximum absolute atomic E-state index is 12.9. The van der Waals surface area contributed by atoms with Crippen LogP contribution in [0, 0.1) is 41.5 Å². The van der Waals surface area contributed by atoms with Gasteiger partial charge in [-0.3, -0.25) is 9.11 Å². The first-order chi connectivity index (χ1) is 23.9. The molecule has 0 radical (unpaired) electrons. The summed E-state index contributed by atoms with van der Waals surface area (Å²) in [4.78, 5) is -0.529. The molecule has 1 unspecified atom stereocenters. The van der Waals surface area contributed by atoms with Gasteiger partial charge in [-0.05, 0) is 129 Å². The van der Waals surface area contributed by atoms with E-state index in [1.54, 1.807) is 0 Å². The van der Waals surface area contributed by atoms with E-state index in [0.717, 1.165) is 73.3 Å². The molecule has 0 aromatic heterocycles. The summed E-state index contributed by atoms with van der Waals surface area (Å²) in [5, 5.41) is 5.75. The zero-order valence-electron chi connectivity index (χ0n) is 30.5. The van der Waals surface area contributed by atoms with Crippen LogP contribution in [-0.4, -0.2) is 31.2 Å². The molecule has 1 atom stereocenters. The van der Waals surface area contributed by atoms with Crippen molar-refractivity contribution in [2.75, 3.05) is 10.6 Å². The minimum Gasteiger partial charge on any atom is -0.355 e. The summed E-state index contributed by atoms with van der Waals surface area (Å²) < 4.78 is 70.4. The minimum atomic E-state index is -4.89. The summed E-state index contributed by atoms with van der Waals surface area (Å²) in [7, 11) is -9.51. The lowest BCUT2D eigenvalue weighted by Gasteiger charge is -2.28. The van der Waals surface area contributed by atoms with Gasteiger partial charge in [-0.15, -0.1) is 0 Å². The smallest absolute Gasteiger partial charge is 0.294 e. The molecule has 0 saturated heterocycles. The minimum absolute atomic E-state index is 0.151. The second-order valence-corrected chi connectivity index (χ2v) is 16.8. The van der Waals surface area contributed by atoms with E-state index in [-0.39, 0.29) is 12.0 Å². The van der Waals surface area contributed by atoms with Gasteiger partial charge in [-0.2, -0.15) is 16.8 Å². The van der Waals surface area contributed by atoms with Crippen molar-refractivity contribution < 1.29 is 25.9 Å². The summed E-state index contributed by atoms with van der Waals surface area (Å²) in [6.07, 6.45) is 3.67. The standard InChI is InChI=1S/C41H48N2O6S2/c1-9-30-21-32(11-15-36(30)42-40-26(5)17-24(3)18-27(40)6)39(35-14-13-34(50(44,45)46)23-38(35)51(47,48)49)33-12-16-37(31(10-2)22-33)43-41-28(7)19-25(4)20-29(41)8/h11-12,14-23,34,39,42-43H,9-10,13H2,1-8H3,(H,44,45,46)(H,47,48,49). The van der Waals surface area contributed by atoms with E-state index in [1.165, 1.54) is 17.2 Å². The average Bonchev–Trinajstić information content (AvgIpc) is 3.04. The van der Waals surface area contributed by atoms with Crippen molar-refractivity contribution in [3.63, 3.8) is 0 Å². The molecule has 4 aromatic carbocycles. The van der Waals surface area contributed by atoms with Crippen LogP contribution in [0.3, 0.4) is 0 Å². The Bertz CT molecular complexity index is 2130. The van der Waals surface area contributed by atoms with Gasteiger partial charge in [0.05, 0.1) is 4.91 Å². The van der Waals surface area contributed by atoms with E-state index < -0.39 is 36.3 Å². The molecule has 0 saturated carbocycles. The number of allylic oxidation sites excluding steroid dienone is 2. The SMILES string of the molecule is CCc1cc(C(C2=CCC(S(=O)(=O)O)C=C2S(=O)(=O)O)c2ccc(Nc3c(C)cc(C)cc3C)c(CC)c2)ccc1Nc1c(C)cc(C)cc1C. The largest absolute Gasteiger partial charge is 0.355 e. The van der Waals surface area contributed by atoms with Gasteiger partial charge in [0, 0.05) is 28.7 Å². The van der Waals surface area contributed by atoms with Crippen LogP contribution in [0.15, 0.2) is 83.3 Å². The average molecular weight is 729 g/mol. The molecule has 0 aliphatic heterocycles. The highest BCUT2D eigenvalue weighted by atomic mass is 32.2. The van der Waals surface area contributed by atoms with Gasteiger partial charge in [-0.25, -0.2) is 0 Å². The van der Waals surface area contributed by atoms with Gasteiger partial charge in [0.25, 0.3) is 20.2 Å². The lowest BCUT2D eigenvalue weighted by Crippen LogP contribution is -2.25. The molecule has 4 aromatic rings. The van der Waals surface area contributed by atoms with E-state index in [0.29, 0.717) is 12.8 Å². The maximum Gasteiger partial charge on any atom is 0.294 e. The highest BCUT2D eigenvalue weighted by molar-refractivity contribution is 7.90. The van der Waals surface area contributed by atoms with Crippen LogP contribution in [0.25, 0.3) is 0 Å². The fraction of sp³-hybridized carbons (Fsp3) is 0.317. The quantitative estimate of drug-likeness (QED) is 0.112. The number of hydrogen-bond donors (Lipinski definition) is 4. The van der Waals surface area contributed by atoms with Crippen molar-refractivity contribution in [3.8, 4) is 0 Å². The van der Waals surface area contributed by atoms with E-state index in [1.807, 2.05) is 36.4 Å². The van der Waals surface area contributed by atoms with Gasteiger partial charge in [0.15, 0.2) is 0 Å². The Labute approximate surface area is 303 Å². The maximum atomic E-state index is 12.9. The fourth-order valence-electron chi connectivity index (χ4n) is 7.37. The number of benzene rings is 4. The molecule has 51 heavy (non-hydrogen) atoms. The molecule has 1 aliphatic rings. The predicted molar refractivity (Wildman–Crippen MR) is 209 cm³/mol. The van der Waals surface area contributed by atoms with Gasteiger partial charge in [0.1, 0.15) is 5.25 Å². The Morgan fingerprint density at radius 2 is 1.08 bits per heavy atom. The fourth-order valence-corrected chi connectivity index (χ4v) is 8.94. The van der Waals surface area contributed by atoms with Crippen molar-refractivity contribution in [1.82, 2.24) is 0 Å². The molecular weight excluding hydrogens is 681 g/mol. The Kier molecular flexibility index (Phi) is 11.0. The van der Waals surface area contributed by atoms with Crippen LogP contribution in [0.4, 0.5) is 22.7 Å². The van der Waals surface area contributed by atoms with Gasteiger partial charge in [0.2, 0.25) is 0 Å². The van der Waals surface area contributed by atoms with Gasteiger partial charge in [-0.1, -0.05) is 79.6 Å². The zero-order valence-corrected chi connectivity index (χ0v) is 32.2. The normalized spacial score (nSPS) is 15.1. The molecule has 8 nitrogen and oxygen atoms in total. The summed E-state index contributed by atoms with van der Waals surface area (Å²) in [6, 6.07) is 20.5. The molecule has 4 N–H and O–H groups in total. The van der Waals surface area contributed by atoms with Crippen LogP contribution in [-0.2, 0) is 33.1 Å². The van der Waals surface area contributed by atoms with E-state index in [2.05, 4.69) is 90.3 Å². The second kappa shape index (κ2) is 14.8. The number of nitrogens with one attached hydrogen (secondary N) is 2. The second-order valence-electron chi connectivity index (χ2n) is 13.7. The molecule has 0 amide bonds. The van der Waals surface area contributed by atoms with Crippen LogP contribution in [0.5, 0.6) is 0 Å². The predicted octanol–water partition coefficient (Wildman–Crippen LogP) is 9.64. The van der Waals surface area contributed by atoms with Gasteiger partial charge >= 0.3 is 0 Å². The van der Waals surface area contributed by atoms with Crippen LogP contribution >= 0.6 is 0 Å². The van der Waals surface area contributed by atoms with Crippen LogP contribution in [0.2, 0.25) is 0 Å². The third-order valence-electron chi connectivity index (χ3n) is 9.72. The highest BCUT2D eigenvalue weighted by Crippen LogP contribution is 2.43. The zero-order chi connectivity index (χ0) is 37.4. The number of hydrogen-bond acceptors (Lipinski definition) is 6. The Morgan fingerprint density at radius 3 is 1.43 bits per heavy atom. The first-order valence-corrected chi connectivity index (χ1v) is 20.2. The third-order valence-corrected chi connectivity index (χ3v) is 11.7. The first-order valence-electron chi connectivity index (χ1n) is 17.2. The molecule has 0 fully saturated rings. The lowest BCUT2D eigenvalue weighted by atomic mass is 9.81. The van der Waals surface area contributed by atoms with Crippen molar-refractivity contribution in [2.45, 2.75) is 85.8 Å². The summed E-state index contributed by atoms with van der Waals surface area (Å²) in [6.45, 7) is 16.5. The van der Waals surface area contributed by atoms with Crippen molar-refractivity contribution >= 4 is 43.0 Å². The van der Waals surface area contributed by atoms with Crippen molar-refractivity contribution in [2.24, 2.45) is 0 Å². The molecule has 1 aliphatic carbocycles. The van der Waals surface area contributed by atoms with Crippen LogP contribution in [0.1, 0.15) is 81.8 Å². The van der Waals surface area contributed by atoms with E-state index >= 15 is 0 Å². The van der Waals surface area contributed by atoms with Crippen molar-refractivity contribution in [1.29, 1.82) is 0 Å².